The molecule has 0 radical (unpaired) electrons. The molecule has 3 rings (SSSR count). The Bertz CT molecular complexity index is 1210. The van der Waals surface area contributed by atoms with Gasteiger partial charge in [-0.25, -0.2) is 4.79 Å². The highest BCUT2D eigenvalue weighted by molar-refractivity contribution is 6.04. The highest BCUT2D eigenvalue weighted by Gasteiger charge is 2.19. The number of anilines is 1. The van der Waals surface area contributed by atoms with Gasteiger partial charge in [-0.3, -0.25) is 9.59 Å². The van der Waals surface area contributed by atoms with Gasteiger partial charge in [0.15, 0.2) is 18.1 Å². The lowest BCUT2D eigenvalue weighted by Crippen LogP contribution is -2.26. The van der Waals surface area contributed by atoms with E-state index in [0.29, 0.717) is 18.0 Å². The summed E-state index contributed by atoms with van der Waals surface area (Å²) in [6.07, 6.45) is 0. The molecule has 3 aromatic rings. The lowest BCUT2D eigenvalue weighted by molar-refractivity contribution is -0.119. The molecule has 9 nitrogen and oxygen atoms in total. The van der Waals surface area contributed by atoms with E-state index in [-0.39, 0.29) is 28.5 Å². The molecular formula is C27H28N2O7. The fourth-order valence-electron chi connectivity index (χ4n) is 3.37. The lowest BCUT2D eigenvalue weighted by atomic mass is 10.1. The molecule has 3 aromatic carbocycles. The smallest absolute Gasteiger partial charge is 0.338 e. The van der Waals surface area contributed by atoms with Crippen molar-refractivity contribution in [3.8, 4) is 17.2 Å². The summed E-state index contributed by atoms with van der Waals surface area (Å²) in [7, 11) is 4.30. The van der Waals surface area contributed by atoms with Crippen molar-refractivity contribution in [3.05, 3.63) is 82.9 Å². The fourth-order valence-corrected chi connectivity index (χ4v) is 3.37. The summed E-state index contributed by atoms with van der Waals surface area (Å²) >= 11 is 0. The van der Waals surface area contributed by atoms with Crippen LogP contribution >= 0.6 is 0 Å². The summed E-state index contributed by atoms with van der Waals surface area (Å²) in [6.45, 7) is 1.77. The first-order valence-electron chi connectivity index (χ1n) is 11.1. The molecular weight excluding hydrogens is 464 g/mol. The summed E-state index contributed by atoms with van der Waals surface area (Å²) in [5, 5.41) is 5.46. The number of methoxy groups -OCH3 is 3. The molecule has 0 bridgehead atoms. The van der Waals surface area contributed by atoms with Crippen LogP contribution in [0, 0.1) is 6.92 Å². The second-order valence-corrected chi connectivity index (χ2v) is 7.75. The highest BCUT2D eigenvalue weighted by Crippen LogP contribution is 2.38. The molecule has 0 fully saturated rings. The van der Waals surface area contributed by atoms with Gasteiger partial charge in [0, 0.05) is 6.54 Å². The molecule has 188 valence electrons. The molecule has 0 atom stereocenters. The number of carbonyl (C=O) groups is 3. The van der Waals surface area contributed by atoms with Gasteiger partial charge in [0.25, 0.3) is 11.8 Å². The summed E-state index contributed by atoms with van der Waals surface area (Å²) in [4.78, 5) is 37.8. The number of carbonyl (C=O) groups excluding carboxylic acids is 3. The van der Waals surface area contributed by atoms with Gasteiger partial charge in [-0.15, -0.1) is 0 Å². The van der Waals surface area contributed by atoms with Crippen LogP contribution in [-0.4, -0.2) is 45.7 Å². The van der Waals surface area contributed by atoms with Crippen LogP contribution in [0.5, 0.6) is 17.2 Å². The van der Waals surface area contributed by atoms with Crippen LogP contribution < -0.4 is 24.8 Å². The van der Waals surface area contributed by atoms with Gasteiger partial charge in [-0.05, 0) is 36.8 Å². The molecule has 0 aromatic heterocycles. The van der Waals surface area contributed by atoms with Gasteiger partial charge >= 0.3 is 5.97 Å². The highest BCUT2D eigenvalue weighted by atomic mass is 16.5. The molecule has 0 heterocycles. The van der Waals surface area contributed by atoms with Crippen molar-refractivity contribution in [3.63, 3.8) is 0 Å². The van der Waals surface area contributed by atoms with Crippen LogP contribution in [0.25, 0.3) is 0 Å². The number of hydrogen-bond donors (Lipinski definition) is 2. The molecule has 36 heavy (non-hydrogen) atoms. The van der Waals surface area contributed by atoms with Crippen molar-refractivity contribution in [2.45, 2.75) is 13.5 Å². The van der Waals surface area contributed by atoms with E-state index in [1.54, 1.807) is 24.3 Å². The Morgan fingerprint density at radius 2 is 1.47 bits per heavy atom. The normalized spacial score (nSPS) is 10.2. The van der Waals surface area contributed by atoms with Crippen molar-refractivity contribution >= 4 is 23.5 Å². The van der Waals surface area contributed by atoms with Crippen molar-refractivity contribution in [2.24, 2.45) is 0 Å². The van der Waals surface area contributed by atoms with E-state index in [1.807, 2.05) is 31.2 Å². The van der Waals surface area contributed by atoms with Crippen molar-refractivity contribution in [2.75, 3.05) is 33.3 Å². The number of benzene rings is 3. The van der Waals surface area contributed by atoms with E-state index in [2.05, 4.69) is 10.6 Å². The Labute approximate surface area is 209 Å². The first kappa shape index (κ1) is 26.1. The van der Waals surface area contributed by atoms with Crippen LogP contribution in [0.3, 0.4) is 0 Å². The number of ether oxygens (including phenoxy) is 4. The maximum Gasteiger partial charge on any atom is 0.338 e. The molecule has 0 spiro atoms. The Hall–Kier alpha value is -4.53. The SMILES string of the molecule is COc1cc(C(=O)OCC(=O)Nc2ccccc2C(=O)NCc2ccc(C)cc2)cc(OC)c1OC. The number of amides is 2. The maximum absolute atomic E-state index is 12.7. The second kappa shape index (κ2) is 12.3. The first-order chi connectivity index (χ1) is 17.4. The van der Waals surface area contributed by atoms with E-state index in [9.17, 15) is 14.4 Å². The molecule has 0 unspecified atom stereocenters. The molecule has 2 N–H and O–H groups in total. The Balaban J connectivity index is 1.62. The van der Waals surface area contributed by atoms with E-state index >= 15 is 0 Å². The molecule has 0 saturated heterocycles. The molecule has 0 saturated carbocycles. The zero-order valence-corrected chi connectivity index (χ0v) is 20.5. The number of esters is 1. The summed E-state index contributed by atoms with van der Waals surface area (Å²) in [5.74, 6) is -0.826. The molecule has 9 heteroatoms. The third-order valence-corrected chi connectivity index (χ3v) is 5.25. The summed E-state index contributed by atoms with van der Waals surface area (Å²) in [6, 6.07) is 17.2. The quantitative estimate of drug-likeness (QED) is 0.415. The zero-order valence-electron chi connectivity index (χ0n) is 20.5. The van der Waals surface area contributed by atoms with Gasteiger partial charge in [0.1, 0.15) is 0 Å². The minimum Gasteiger partial charge on any atom is -0.493 e. The van der Waals surface area contributed by atoms with E-state index < -0.39 is 18.5 Å². The average Bonchev–Trinajstić information content (AvgIpc) is 2.90. The number of hydrogen-bond acceptors (Lipinski definition) is 7. The molecule has 0 aliphatic heterocycles. The Morgan fingerprint density at radius 3 is 2.08 bits per heavy atom. The second-order valence-electron chi connectivity index (χ2n) is 7.75. The van der Waals surface area contributed by atoms with E-state index in [0.717, 1.165) is 11.1 Å². The minimum absolute atomic E-state index is 0.119. The first-order valence-corrected chi connectivity index (χ1v) is 11.1. The van der Waals surface area contributed by atoms with Crippen LogP contribution in [0.1, 0.15) is 31.8 Å². The largest absolute Gasteiger partial charge is 0.493 e. The van der Waals surface area contributed by atoms with Crippen LogP contribution in [0.15, 0.2) is 60.7 Å². The van der Waals surface area contributed by atoms with Crippen molar-refractivity contribution < 1.29 is 33.3 Å². The van der Waals surface area contributed by atoms with Crippen LogP contribution in [0.2, 0.25) is 0 Å². The van der Waals surface area contributed by atoms with Gasteiger partial charge in [-0.2, -0.15) is 0 Å². The van der Waals surface area contributed by atoms with E-state index in [1.165, 1.54) is 33.5 Å². The number of rotatable bonds is 10. The topological polar surface area (TPSA) is 112 Å². The number of nitrogens with one attached hydrogen (secondary N) is 2. The fraction of sp³-hybridized carbons (Fsp3) is 0.222. The summed E-state index contributed by atoms with van der Waals surface area (Å²) < 4.78 is 20.8. The summed E-state index contributed by atoms with van der Waals surface area (Å²) in [5.41, 5.74) is 2.79. The Kier molecular flexibility index (Phi) is 8.88. The van der Waals surface area contributed by atoms with Crippen LogP contribution in [0.4, 0.5) is 5.69 Å². The van der Waals surface area contributed by atoms with Gasteiger partial charge in [-0.1, -0.05) is 42.0 Å². The van der Waals surface area contributed by atoms with Gasteiger partial charge < -0.3 is 29.6 Å². The minimum atomic E-state index is -0.756. The monoisotopic (exact) mass is 492 g/mol. The van der Waals surface area contributed by atoms with Gasteiger partial charge in [0.05, 0.1) is 38.1 Å². The molecule has 0 aliphatic carbocycles. The molecule has 2 amide bonds. The third kappa shape index (κ3) is 6.53. The van der Waals surface area contributed by atoms with E-state index in [4.69, 9.17) is 18.9 Å². The zero-order chi connectivity index (χ0) is 26.1. The predicted octanol–water partition coefficient (Wildman–Crippen LogP) is 3.75. The van der Waals surface area contributed by atoms with Crippen molar-refractivity contribution in [1.82, 2.24) is 5.32 Å². The van der Waals surface area contributed by atoms with Gasteiger partial charge in [0.2, 0.25) is 5.75 Å². The average molecular weight is 493 g/mol. The van der Waals surface area contributed by atoms with Crippen LogP contribution in [-0.2, 0) is 16.1 Å². The third-order valence-electron chi connectivity index (χ3n) is 5.25. The Morgan fingerprint density at radius 1 is 0.833 bits per heavy atom. The lowest BCUT2D eigenvalue weighted by Gasteiger charge is -2.14. The standard InChI is InChI=1S/C27H28N2O7/c1-17-9-11-18(12-10-17)15-28-26(31)20-7-5-6-8-21(20)29-24(30)16-36-27(32)19-13-22(33-2)25(35-4)23(14-19)34-3/h5-14H,15-16H2,1-4H3,(H,28,31)(H,29,30). The maximum atomic E-state index is 12.7. The number of para-hydroxylation sites is 1. The molecule has 0 aliphatic rings. The predicted molar refractivity (Wildman–Crippen MR) is 134 cm³/mol. The number of aryl methyl sites for hydroxylation is 1. The van der Waals surface area contributed by atoms with Crippen molar-refractivity contribution in [1.29, 1.82) is 0 Å².